The molecule has 12 aromatic carbocycles. The number of rotatable bonds is 10. The summed E-state index contributed by atoms with van der Waals surface area (Å²) in [5.74, 6) is 0. The minimum atomic E-state index is -3.24. The first-order valence-electron chi connectivity index (χ1n) is 33.1. The van der Waals surface area contributed by atoms with Crippen molar-refractivity contribution in [3.8, 4) is 17.1 Å². The smallest absolute Gasteiger partial charge is 0.179 e. The first-order valence-corrected chi connectivity index (χ1v) is 35.1. The maximum Gasteiger partial charge on any atom is 0.179 e. The zero-order valence-electron chi connectivity index (χ0n) is 55.8. The number of nitrogens with zero attached hydrogens (tertiary/aromatic N) is 4. The Labute approximate surface area is 549 Å². The summed E-state index contributed by atoms with van der Waals surface area (Å²) in [6.45, 7) is 28.3. The first-order chi connectivity index (χ1) is 44.6. The van der Waals surface area contributed by atoms with Gasteiger partial charge in [-0.25, -0.2) is 0 Å². The van der Waals surface area contributed by atoms with Gasteiger partial charge in [-0.15, -0.1) is 0 Å². The van der Waals surface area contributed by atoms with Crippen LogP contribution in [-0.2, 0) is 21.7 Å². The molecule has 3 heterocycles. The molecule has 15 aromatic rings. The van der Waals surface area contributed by atoms with E-state index >= 15 is 0 Å². The Morgan fingerprint density at radius 1 is 0.226 bits per heavy atom. The van der Waals surface area contributed by atoms with Crippen LogP contribution in [0, 0.1) is 0 Å². The Morgan fingerprint density at radius 2 is 0.548 bits per heavy atom. The Bertz CT molecular complexity index is 5180. The number of benzene rings is 12. The van der Waals surface area contributed by atoms with Crippen molar-refractivity contribution in [1.29, 1.82) is 0 Å². The molecule has 0 saturated carbocycles. The molecular formula is C88H82N4Si. The SMILES string of the molecule is CC(C)(C)c1cc(N(c2ccc([Si](c3ccccc3)(c3ccccc3)c3cc(-n4c5ccccc5c5cc(-n6c7ccccc7c7ccccc76)ccc54)cc(C(C)(C)C)c3)cc2)c2cc(C(C)(C)C)cc(C(C)(C)C)c2)cc(-n2c3ccccc3c3ccccc32)c1. The highest BCUT2D eigenvalue weighted by Gasteiger charge is 2.43. The van der Waals surface area contributed by atoms with Crippen LogP contribution in [0.2, 0.25) is 0 Å². The van der Waals surface area contributed by atoms with Gasteiger partial charge in [0.15, 0.2) is 8.07 Å². The van der Waals surface area contributed by atoms with Gasteiger partial charge in [-0.2, -0.15) is 0 Å². The van der Waals surface area contributed by atoms with E-state index in [0.29, 0.717) is 0 Å². The second-order valence-corrected chi connectivity index (χ2v) is 33.7. The van der Waals surface area contributed by atoms with Crippen LogP contribution in [0.3, 0.4) is 0 Å². The highest BCUT2D eigenvalue weighted by molar-refractivity contribution is 7.20. The summed E-state index contributed by atoms with van der Waals surface area (Å²) in [4.78, 5) is 2.56. The molecule has 0 aliphatic heterocycles. The molecule has 93 heavy (non-hydrogen) atoms. The molecule has 0 amide bonds. The van der Waals surface area contributed by atoms with Crippen LogP contribution in [0.25, 0.3) is 82.5 Å². The highest BCUT2D eigenvalue weighted by atomic mass is 28.3. The van der Waals surface area contributed by atoms with Gasteiger partial charge in [0.1, 0.15) is 0 Å². The van der Waals surface area contributed by atoms with Crippen LogP contribution < -0.4 is 25.6 Å². The average Bonchev–Trinajstić information content (AvgIpc) is 1.73. The van der Waals surface area contributed by atoms with Gasteiger partial charge in [0, 0.05) is 66.4 Å². The van der Waals surface area contributed by atoms with Gasteiger partial charge in [-0.1, -0.05) is 259 Å². The minimum absolute atomic E-state index is 0.112. The summed E-state index contributed by atoms with van der Waals surface area (Å²) >= 11 is 0. The van der Waals surface area contributed by atoms with Gasteiger partial charge in [-0.3, -0.25) is 0 Å². The Morgan fingerprint density at radius 3 is 0.968 bits per heavy atom. The predicted octanol–water partition coefficient (Wildman–Crippen LogP) is 21.0. The second-order valence-electron chi connectivity index (χ2n) is 29.9. The number of hydrogen-bond acceptors (Lipinski definition) is 1. The largest absolute Gasteiger partial charge is 0.310 e. The predicted molar refractivity (Wildman–Crippen MR) is 403 cm³/mol. The quantitative estimate of drug-likeness (QED) is 0.0986. The van der Waals surface area contributed by atoms with E-state index in [0.717, 1.165) is 34.1 Å². The molecule has 0 aliphatic carbocycles. The van der Waals surface area contributed by atoms with E-state index in [1.807, 2.05) is 0 Å². The zero-order valence-corrected chi connectivity index (χ0v) is 56.8. The van der Waals surface area contributed by atoms with Crippen molar-refractivity contribution >= 4 is 111 Å². The van der Waals surface area contributed by atoms with E-state index in [4.69, 9.17) is 0 Å². The van der Waals surface area contributed by atoms with Gasteiger partial charge in [0.05, 0.1) is 33.1 Å². The molecule has 458 valence electrons. The summed E-state index contributed by atoms with van der Waals surface area (Å²) in [5.41, 5.74) is 18.5. The Hall–Kier alpha value is -9.94. The van der Waals surface area contributed by atoms with E-state index in [9.17, 15) is 0 Å². The normalized spacial score (nSPS) is 12.7. The van der Waals surface area contributed by atoms with Crippen molar-refractivity contribution in [2.24, 2.45) is 0 Å². The van der Waals surface area contributed by atoms with Crippen LogP contribution in [0.15, 0.2) is 279 Å². The number of hydrogen-bond donors (Lipinski definition) is 0. The van der Waals surface area contributed by atoms with E-state index in [2.05, 4.69) is 381 Å². The van der Waals surface area contributed by atoms with Crippen molar-refractivity contribution < 1.29 is 0 Å². The Balaban J connectivity index is 0.976. The lowest BCUT2D eigenvalue weighted by atomic mass is 9.80. The van der Waals surface area contributed by atoms with Crippen LogP contribution in [0.5, 0.6) is 0 Å². The fourth-order valence-corrected chi connectivity index (χ4v) is 19.5. The van der Waals surface area contributed by atoms with Crippen molar-refractivity contribution in [2.45, 2.75) is 105 Å². The molecule has 0 fully saturated rings. The van der Waals surface area contributed by atoms with Crippen molar-refractivity contribution in [3.05, 3.63) is 301 Å². The van der Waals surface area contributed by atoms with E-state index in [1.165, 1.54) is 108 Å². The molecule has 0 aliphatic rings. The molecule has 15 rings (SSSR count). The first kappa shape index (κ1) is 59.4. The minimum Gasteiger partial charge on any atom is -0.310 e. The topological polar surface area (TPSA) is 18.0 Å². The molecule has 3 aromatic heterocycles. The van der Waals surface area contributed by atoms with Gasteiger partial charge in [0.25, 0.3) is 0 Å². The Kier molecular flexibility index (Phi) is 14.1. The van der Waals surface area contributed by atoms with E-state index < -0.39 is 8.07 Å². The molecule has 4 nitrogen and oxygen atoms in total. The summed E-state index contributed by atoms with van der Waals surface area (Å²) < 4.78 is 7.48. The summed E-state index contributed by atoms with van der Waals surface area (Å²) in [7, 11) is -3.24. The standard InChI is InChI=1S/C88H82N4Si/c1-85(2,3)59-49-60(86(4,5)6)51-65(50-59)89(66-52-61(87(7,8)9)53-67(56-66)91-81-40-26-21-35-75(81)76-36-22-27-41-82(76)91)63-43-46-71(47-44-63)93(69-29-15-13-16-30-69,70-31-17-14-18-32-70)72-55-62(88(10,11)12)54-68(57-72)92-83-42-28-23-37-77(83)78-58-64(45-48-84(78)92)90-79-38-24-19-33-73(79)74-34-20-25-39-80(74)90/h13-58H,1-12H3. The number of anilines is 3. The maximum atomic E-state index is 2.57. The lowest BCUT2D eigenvalue weighted by molar-refractivity contribution is 0.568. The van der Waals surface area contributed by atoms with Crippen molar-refractivity contribution in [3.63, 3.8) is 0 Å². The lowest BCUT2D eigenvalue weighted by Gasteiger charge is -2.37. The van der Waals surface area contributed by atoms with Crippen LogP contribution in [0.4, 0.5) is 17.1 Å². The lowest BCUT2D eigenvalue weighted by Crippen LogP contribution is -2.74. The number of para-hydroxylation sites is 5. The molecule has 0 unspecified atom stereocenters. The van der Waals surface area contributed by atoms with Crippen molar-refractivity contribution in [1.82, 2.24) is 13.7 Å². The molecule has 0 atom stereocenters. The second kappa shape index (κ2) is 22.1. The zero-order chi connectivity index (χ0) is 64.3. The van der Waals surface area contributed by atoms with Gasteiger partial charge in [-0.05, 0) is 168 Å². The van der Waals surface area contributed by atoms with Crippen molar-refractivity contribution in [2.75, 3.05) is 4.90 Å². The fourth-order valence-electron chi connectivity index (χ4n) is 14.7. The molecule has 0 radical (unpaired) electrons. The summed E-state index contributed by atoms with van der Waals surface area (Å²) in [6, 6.07) is 107. The summed E-state index contributed by atoms with van der Waals surface area (Å²) in [6.07, 6.45) is 0. The fraction of sp³-hybridized carbons (Fsp3) is 0.182. The molecular weight excluding hydrogens is 1140 g/mol. The molecule has 0 bridgehead atoms. The molecule has 0 saturated heterocycles. The third kappa shape index (κ3) is 10.1. The maximum absolute atomic E-state index is 3.24. The monoisotopic (exact) mass is 1220 g/mol. The van der Waals surface area contributed by atoms with E-state index in [-0.39, 0.29) is 21.7 Å². The van der Waals surface area contributed by atoms with Gasteiger partial charge >= 0.3 is 0 Å². The van der Waals surface area contributed by atoms with E-state index in [1.54, 1.807) is 0 Å². The highest BCUT2D eigenvalue weighted by Crippen LogP contribution is 2.45. The summed E-state index contributed by atoms with van der Waals surface area (Å²) in [5, 5.41) is 12.8. The van der Waals surface area contributed by atoms with Crippen LogP contribution >= 0.6 is 0 Å². The molecule has 0 spiro atoms. The van der Waals surface area contributed by atoms with Gasteiger partial charge in [0.2, 0.25) is 0 Å². The third-order valence-corrected chi connectivity index (χ3v) is 24.5. The number of fused-ring (bicyclic) bond motifs is 9. The number of aromatic nitrogens is 3. The third-order valence-electron chi connectivity index (χ3n) is 19.7. The van der Waals surface area contributed by atoms with Crippen LogP contribution in [0.1, 0.15) is 105 Å². The van der Waals surface area contributed by atoms with Crippen LogP contribution in [-0.4, -0.2) is 21.8 Å². The molecule has 5 heteroatoms. The average molecular weight is 1220 g/mol. The van der Waals surface area contributed by atoms with Gasteiger partial charge < -0.3 is 18.6 Å². The molecule has 0 N–H and O–H groups in total.